The molecule has 0 aromatic rings. The Bertz CT molecular complexity index is 278. The number of hydrogen-bond acceptors (Lipinski definition) is 3. The van der Waals surface area contributed by atoms with Crippen molar-refractivity contribution in [1.29, 1.82) is 0 Å². The molecule has 0 atom stereocenters. The number of carbonyl (C=O) groups is 1. The van der Waals surface area contributed by atoms with Crippen LogP contribution in [0.2, 0.25) is 0 Å². The predicted molar refractivity (Wildman–Crippen MR) is 31.7 cm³/mol. The monoisotopic (exact) mass is 186 g/mol. The molecule has 0 heterocycles. The van der Waals surface area contributed by atoms with Gasteiger partial charge in [-0.25, -0.2) is 0 Å². The molecule has 4 nitrogen and oxygen atoms in total. The van der Waals surface area contributed by atoms with E-state index in [4.69, 9.17) is 4.55 Å². The molecule has 0 amide bonds. The first-order chi connectivity index (χ1) is 4.73. The molecule has 7 heteroatoms. The van der Waals surface area contributed by atoms with Gasteiger partial charge in [0.05, 0.1) is 0 Å². The van der Waals surface area contributed by atoms with E-state index >= 15 is 0 Å². The predicted octanol–water partition coefficient (Wildman–Crippen LogP) is 0.222. The molecule has 0 saturated heterocycles. The quantitative estimate of drug-likeness (QED) is 0.505. The number of ketones is 1. The summed E-state index contributed by atoms with van der Waals surface area (Å²) >= 11 is 0. The zero-order chi connectivity index (χ0) is 9.28. The second-order valence-corrected chi connectivity index (χ2v) is 3.02. The highest BCUT2D eigenvalue weighted by Gasteiger charge is 2.50. The van der Waals surface area contributed by atoms with Crippen molar-refractivity contribution in [1.82, 2.24) is 0 Å². The number of rotatable bonds is 3. The highest BCUT2D eigenvalue weighted by Crippen LogP contribution is 2.21. The van der Waals surface area contributed by atoms with Crippen molar-refractivity contribution in [2.24, 2.45) is 0 Å². The fourth-order valence-corrected chi connectivity index (χ4v) is 0.584. The van der Waals surface area contributed by atoms with Crippen LogP contribution < -0.4 is 0 Å². The molecule has 0 rings (SSSR count). The van der Waals surface area contributed by atoms with Crippen LogP contribution in [-0.4, -0.2) is 24.0 Å². The Labute approximate surface area is 61.3 Å². The smallest absolute Gasteiger partial charge is 0.287 e. The maximum Gasteiger partial charge on any atom is 0.430 e. The van der Waals surface area contributed by atoms with E-state index in [1.165, 1.54) is 0 Å². The van der Waals surface area contributed by atoms with Crippen LogP contribution in [0.3, 0.4) is 0 Å². The molecule has 0 aliphatic carbocycles. The van der Waals surface area contributed by atoms with E-state index in [0.717, 1.165) is 0 Å². The van der Waals surface area contributed by atoms with Gasteiger partial charge < -0.3 is 0 Å². The third-order valence-corrected chi connectivity index (χ3v) is 1.65. The SMILES string of the molecule is C=CC(=O)C(F)(F)S(=O)(=O)O. The van der Waals surface area contributed by atoms with E-state index in [1.54, 1.807) is 0 Å². The van der Waals surface area contributed by atoms with E-state index in [2.05, 4.69) is 6.58 Å². The van der Waals surface area contributed by atoms with Crippen molar-refractivity contribution in [2.45, 2.75) is 5.25 Å². The molecule has 0 unspecified atom stereocenters. The van der Waals surface area contributed by atoms with Gasteiger partial charge in [0.15, 0.2) is 0 Å². The van der Waals surface area contributed by atoms with Crippen LogP contribution in [0.5, 0.6) is 0 Å². The van der Waals surface area contributed by atoms with E-state index in [9.17, 15) is 22.0 Å². The third-order valence-electron chi connectivity index (χ3n) is 0.796. The van der Waals surface area contributed by atoms with Crippen LogP contribution in [0.25, 0.3) is 0 Å². The van der Waals surface area contributed by atoms with Crippen LogP contribution in [0.15, 0.2) is 12.7 Å². The number of alkyl halides is 2. The van der Waals surface area contributed by atoms with Crippen molar-refractivity contribution in [3.63, 3.8) is 0 Å². The lowest BCUT2D eigenvalue weighted by Crippen LogP contribution is -2.36. The topological polar surface area (TPSA) is 71.4 Å². The van der Waals surface area contributed by atoms with Crippen molar-refractivity contribution >= 4 is 15.9 Å². The zero-order valence-corrected chi connectivity index (χ0v) is 5.94. The maximum atomic E-state index is 12.1. The summed E-state index contributed by atoms with van der Waals surface area (Å²) < 4.78 is 51.5. The summed E-state index contributed by atoms with van der Waals surface area (Å²) in [4.78, 5) is 10.1. The number of halogens is 2. The lowest BCUT2D eigenvalue weighted by atomic mass is 10.4. The van der Waals surface area contributed by atoms with Crippen molar-refractivity contribution in [2.75, 3.05) is 0 Å². The molecule has 0 aliphatic heterocycles. The standard InChI is InChI=1S/C4H4F2O4S/c1-2-3(7)4(5,6)11(8,9)10/h2H,1H2,(H,8,9,10). The molecule has 0 aromatic heterocycles. The molecule has 64 valence electrons. The second-order valence-electron chi connectivity index (χ2n) is 1.56. The van der Waals surface area contributed by atoms with Crippen molar-refractivity contribution in [3.05, 3.63) is 12.7 Å². The first-order valence-electron chi connectivity index (χ1n) is 2.25. The number of allylic oxidation sites excluding steroid dienone is 1. The van der Waals surface area contributed by atoms with Gasteiger partial charge in [0.2, 0.25) is 5.78 Å². The third kappa shape index (κ3) is 1.81. The van der Waals surface area contributed by atoms with Gasteiger partial charge in [0, 0.05) is 0 Å². The van der Waals surface area contributed by atoms with Gasteiger partial charge in [0.25, 0.3) is 0 Å². The Morgan fingerprint density at radius 1 is 1.55 bits per heavy atom. The largest absolute Gasteiger partial charge is 0.430 e. The Morgan fingerprint density at radius 2 is 1.91 bits per heavy atom. The van der Waals surface area contributed by atoms with E-state index in [-0.39, 0.29) is 6.08 Å². The molecule has 11 heavy (non-hydrogen) atoms. The van der Waals surface area contributed by atoms with Crippen molar-refractivity contribution < 1.29 is 26.5 Å². The average Bonchev–Trinajstić information content (AvgIpc) is 1.83. The summed E-state index contributed by atoms with van der Waals surface area (Å²) in [6.45, 7) is 2.64. The van der Waals surface area contributed by atoms with E-state index in [0.29, 0.717) is 0 Å². The number of carbonyl (C=O) groups excluding carboxylic acids is 1. The van der Waals surface area contributed by atoms with Crippen LogP contribution in [0.4, 0.5) is 8.78 Å². The van der Waals surface area contributed by atoms with Crippen LogP contribution >= 0.6 is 0 Å². The summed E-state index contributed by atoms with van der Waals surface area (Å²) in [6, 6.07) is 0. The molecule has 0 radical (unpaired) electrons. The Kier molecular flexibility index (Phi) is 2.47. The second kappa shape index (κ2) is 2.67. The summed E-state index contributed by atoms with van der Waals surface area (Å²) in [5.74, 6) is -2.06. The minimum absolute atomic E-state index is 0.119. The molecule has 0 spiro atoms. The van der Waals surface area contributed by atoms with Gasteiger partial charge in [-0.15, -0.1) is 0 Å². The number of hydrogen-bond donors (Lipinski definition) is 1. The molecular weight excluding hydrogens is 182 g/mol. The lowest BCUT2D eigenvalue weighted by Gasteiger charge is -2.07. The Balaban J connectivity index is 5.06. The highest BCUT2D eigenvalue weighted by molar-refractivity contribution is 7.87. The van der Waals surface area contributed by atoms with Gasteiger partial charge in [-0.2, -0.15) is 17.2 Å². The summed E-state index contributed by atoms with van der Waals surface area (Å²) in [7, 11) is -5.67. The molecule has 0 fully saturated rings. The van der Waals surface area contributed by atoms with Gasteiger partial charge in [-0.3, -0.25) is 9.35 Å². The average molecular weight is 186 g/mol. The van der Waals surface area contributed by atoms with Crippen LogP contribution in [0, 0.1) is 0 Å². The maximum absolute atomic E-state index is 12.1. The lowest BCUT2D eigenvalue weighted by molar-refractivity contribution is -0.128. The van der Waals surface area contributed by atoms with Gasteiger partial charge in [-0.1, -0.05) is 6.58 Å². The molecule has 0 bridgehead atoms. The molecule has 0 saturated carbocycles. The summed E-state index contributed by atoms with van der Waals surface area (Å²) in [5.41, 5.74) is 0. The molecule has 0 aliphatic rings. The van der Waals surface area contributed by atoms with Gasteiger partial charge >= 0.3 is 15.4 Å². The summed E-state index contributed by atoms with van der Waals surface area (Å²) in [6.07, 6.45) is 0.119. The molecular formula is C4H4F2O4S. The van der Waals surface area contributed by atoms with E-state index < -0.39 is 21.2 Å². The highest BCUT2D eigenvalue weighted by atomic mass is 32.2. The van der Waals surface area contributed by atoms with Crippen LogP contribution in [0.1, 0.15) is 0 Å². The zero-order valence-electron chi connectivity index (χ0n) is 5.12. The first-order valence-corrected chi connectivity index (χ1v) is 3.69. The fourth-order valence-electron chi connectivity index (χ4n) is 0.246. The Morgan fingerprint density at radius 3 is 2.00 bits per heavy atom. The molecule has 0 aromatic carbocycles. The van der Waals surface area contributed by atoms with Gasteiger partial charge in [-0.05, 0) is 6.08 Å². The van der Waals surface area contributed by atoms with Crippen LogP contribution in [-0.2, 0) is 14.9 Å². The minimum atomic E-state index is -5.67. The Hall–Kier alpha value is -0.820. The minimum Gasteiger partial charge on any atom is -0.287 e. The fraction of sp³-hybridized carbons (Fsp3) is 0.250. The molecule has 1 N–H and O–H groups in total. The first kappa shape index (κ1) is 10.2. The van der Waals surface area contributed by atoms with Crippen molar-refractivity contribution in [3.8, 4) is 0 Å². The summed E-state index contributed by atoms with van der Waals surface area (Å²) in [5, 5.41) is -4.78. The van der Waals surface area contributed by atoms with Gasteiger partial charge in [0.1, 0.15) is 0 Å². The van der Waals surface area contributed by atoms with E-state index in [1.807, 2.05) is 0 Å². The normalized spacial score (nSPS) is 12.6.